The maximum Gasteiger partial charge on any atom is 0.251 e. The quantitative estimate of drug-likeness (QED) is 0.824. The van der Waals surface area contributed by atoms with Gasteiger partial charge in [0.2, 0.25) is 0 Å². The van der Waals surface area contributed by atoms with Gasteiger partial charge in [-0.1, -0.05) is 17.7 Å². The number of amides is 1. The minimum atomic E-state index is -0.223. The van der Waals surface area contributed by atoms with Crippen LogP contribution in [0.5, 0.6) is 17.2 Å². The van der Waals surface area contributed by atoms with Crippen LogP contribution in [0.4, 0.5) is 0 Å². The summed E-state index contributed by atoms with van der Waals surface area (Å²) in [6, 6.07) is 13.6. The third-order valence-corrected chi connectivity index (χ3v) is 6.18. The van der Waals surface area contributed by atoms with E-state index in [1.165, 1.54) is 18.5 Å². The molecule has 2 aromatic rings. The summed E-state index contributed by atoms with van der Waals surface area (Å²) in [5.74, 6) is 2.74. The third-order valence-electron chi connectivity index (χ3n) is 6.18. The number of rotatable bonds is 5. The summed E-state index contributed by atoms with van der Waals surface area (Å²) in [4.78, 5) is 15.2. The van der Waals surface area contributed by atoms with Gasteiger partial charge in [0, 0.05) is 24.7 Å². The van der Waals surface area contributed by atoms with E-state index in [0.717, 1.165) is 31.2 Å². The van der Waals surface area contributed by atoms with Gasteiger partial charge >= 0.3 is 0 Å². The molecule has 2 fully saturated rings. The maximum absolute atomic E-state index is 12.8. The number of benzene rings is 2. The van der Waals surface area contributed by atoms with E-state index in [0.29, 0.717) is 30.3 Å². The first-order valence-electron chi connectivity index (χ1n) is 10.8. The maximum atomic E-state index is 12.8. The number of carbonyl (C=O) groups excluding carboxylic acids is 1. The van der Waals surface area contributed by atoms with E-state index in [-0.39, 0.29) is 18.1 Å². The summed E-state index contributed by atoms with van der Waals surface area (Å²) in [6.07, 6.45) is 2.10. The second kappa shape index (κ2) is 8.19. The molecule has 3 heterocycles. The van der Waals surface area contributed by atoms with Crippen LogP contribution in [-0.4, -0.2) is 55.8 Å². The Bertz CT molecular complexity index is 902. The Labute approximate surface area is 177 Å². The molecule has 0 spiro atoms. The highest BCUT2D eigenvalue weighted by atomic mass is 16.6. The van der Waals surface area contributed by atoms with Gasteiger partial charge in [0.1, 0.15) is 19.0 Å². The van der Waals surface area contributed by atoms with Crippen LogP contribution < -0.4 is 19.5 Å². The van der Waals surface area contributed by atoms with Crippen molar-refractivity contribution in [2.24, 2.45) is 5.92 Å². The highest BCUT2D eigenvalue weighted by Gasteiger charge is 2.33. The van der Waals surface area contributed by atoms with E-state index in [9.17, 15) is 4.79 Å². The zero-order valence-corrected chi connectivity index (χ0v) is 17.3. The molecule has 3 aliphatic heterocycles. The first kappa shape index (κ1) is 19.2. The number of nitrogens with zero attached hydrogens (tertiary/aromatic N) is 1. The fourth-order valence-electron chi connectivity index (χ4n) is 4.60. The summed E-state index contributed by atoms with van der Waals surface area (Å²) < 4.78 is 17.7. The van der Waals surface area contributed by atoms with Crippen LogP contribution in [0.25, 0.3) is 0 Å². The molecule has 2 bridgehead atoms. The number of hydrogen-bond acceptors (Lipinski definition) is 5. The van der Waals surface area contributed by atoms with E-state index in [2.05, 4.69) is 10.2 Å². The molecule has 5 rings (SSSR count). The van der Waals surface area contributed by atoms with E-state index >= 15 is 0 Å². The number of ether oxygens (including phenoxy) is 3. The number of fused-ring (bicyclic) bond motifs is 3. The Balaban J connectivity index is 1.19. The van der Waals surface area contributed by atoms with Crippen LogP contribution >= 0.6 is 0 Å². The van der Waals surface area contributed by atoms with E-state index in [1.54, 1.807) is 12.1 Å². The molecule has 2 aromatic carbocycles. The zero-order valence-electron chi connectivity index (χ0n) is 17.3. The fraction of sp³-hybridized carbons (Fsp3) is 0.458. The molecule has 0 saturated carbocycles. The molecule has 0 radical (unpaired) electrons. The largest absolute Gasteiger partial charge is 0.490 e. The minimum absolute atomic E-state index is 0.0491. The van der Waals surface area contributed by atoms with Crippen molar-refractivity contribution in [2.75, 3.05) is 32.8 Å². The van der Waals surface area contributed by atoms with Crippen molar-refractivity contribution in [1.29, 1.82) is 0 Å². The molecule has 4 atom stereocenters. The van der Waals surface area contributed by atoms with Gasteiger partial charge in [0.05, 0.1) is 0 Å². The van der Waals surface area contributed by atoms with Crippen molar-refractivity contribution in [3.63, 3.8) is 0 Å². The fourth-order valence-corrected chi connectivity index (χ4v) is 4.60. The lowest BCUT2D eigenvalue weighted by Gasteiger charge is -2.30. The van der Waals surface area contributed by atoms with Gasteiger partial charge in [-0.2, -0.15) is 0 Å². The number of piperidine rings is 1. The van der Waals surface area contributed by atoms with Gasteiger partial charge in [-0.3, -0.25) is 4.79 Å². The summed E-state index contributed by atoms with van der Waals surface area (Å²) in [5.41, 5.74) is 1.79. The molecule has 158 valence electrons. The second-order valence-corrected chi connectivity index (χ2v) is 8.66. The predicted molar refractivity (Wildman–Crippen MR) is 113 cm³/mol. The number of carbonyl (C=O) groups is 1. The topological polar surface area (TPSA) is 60.0 Å². The lowest BCUT2D eigenvalue weighted by atomic mass is 9.96. The smallest absolute Gasteiger partial charge is 0.251 e. The predicted octanol–water partition coefficient (Wildman–Crippen LogP) is 3.04. The highest BCUT2D eigenvalue weighted by molar-refractivity contribution is 5.95. The zero-order chi connectivity index (χ0) is 20.5. The number of hydrogen-bond donors (Lipinski definition) is 1. The molecule has 0 aromatic heterocycles. The standard InChI is InChI=1S/C24H28N2O4/c1-16-2-5-20(6-3-16)28-14-21-15-29-22-7-4-18(11-23(22)30-21)24(27)25-19-10-17-8-9-26(12-17)13-19/h2-7,11,17,19,21H,8-10,12-15H2,1H3,(H,25,27)/t17-,19-,21+/m1/s1. The van der Waals surface area contributed by atoms with Gasteiger partial charge < -0.3 is 24.4 Å². The number of aryl methyl sites for hydroxylation is 1. The molecule has 3 aliphatic rings. The van der Waals surface area contributed by atoms with Crippen LogP contribution in [-0.2, 0) is 0 Å². The average molecular weight is 408 g/mol. The van der Waals surface area contributed by atoms with Gasteiger partial charge in [-0.25, -0.2) is 0 Å². The normalized spacial score (nSPS) is 26.8. The molecule has 6 nitrogen and oxygen atoms in total. The molecule has 0 aliphatic carbocycles. The lowest BCUT2D eigenvalue weighted by Crippen LogP contribution is -2.47. The Morgan fingerprint density at radius 2 is 2.03 bits per heavy atom. The van der Waals surface area contributed by atoms with Crippen molar-refractivity contribution >= 4 is 5.91 Å². The van der Waals surface area contributed by atoms with Crippen LogP contribution in [0.15, 0.2) is 42.5 Å². The summed E-state index contributed by atoms with van der Waals surface area (Å²) in [5, 5.41) is 3.20. The molecule has 6 heteroatoms. The van der Waals surface area contributed by atoms with E-state index < -0.39 is 0 Å². The van der Waals surface area contributed by atoms with Crippen LogP contribution in [0, 0.1) is 12.8 Å². The third kappa shape index (κ3) is 4.24. The Morgan fingerprint density at radius 1 is 1.17 bits per heavy atom. The molecule has 2 saturated heterocycles. The SMILES string of the molecule is Cc1ccc(OC[C@H]2COc3ccc(C(=O)N[C@@H]4C[C@H]5CCN(C5)C4)cc3O2)cc1. The number of nitrogens with one attached hydrogen (secondary N) is 1. The van der Waals surface area contributed by atoms with E-state index in [1.807, 2.05) is 37.3 Å². The second-order valence-electron chi connectivity index (χ2n) is 8.66. The molecule has 1 amide bonds. The lowest BCUT2D eigenvalue weighted by molar-refractivity contribution is 0.0533. The van der Waals surface area contributed by atoms with Crippen LogP contribution in [0.2, 0.25) is 0 Å². The first-order valence-corrected chi connectivity index (χ1v) is 10.8. The summed E-state index contributed by atoms with van der Waals surface area (Å²) >= 11 is 0. The van der Waals surface area contributed by atoms with Crippen molar-refractivity contribution in [2.45, 2.75) is 31.9 Å². The minimum Gasteiger partial charge on any atom is -0.490 e. The van der Waals surface area contributed by atoms with Crippen molar-refractivity contribution < 1.29 is 19.0 Å². The van der Waals surface area contributed by atoms with Gasteiger partial charge in [-0.15, -0.1) is 0 Å². The molecule has 1 unspecified atom stereocenters. The monoisotopic (exact) mass is 408 g/mol. The van der Waals surface area contributed by atoms with Gasteiger partial charge in [0.15, 0.2) is 17.6 Å². The van der Waals surface area contributed by atoms with Crippen molar-refractivity contribution in [3.8, 4) is 17.2 Å². The van der Waals surface area contributed by atoms with Crippen molar-refractivity contribution in [3.05, 3.63) is 53.6 Å². The first-order chi connectivity index (χ1) is 14.6. The van der Waals surface area contributed by atoms with Crippen molar-refractivity contribution in [1.82, 2.24) is 10.2 Å². The molecular formula is C24H28N2O4. The highest BCUT2D eigenvalue weighted by Crippen LogP contribution is 2.33. The van der Waals surface area contributed by atoms with Gasteiger partial charge in [-0.05, 0) is 62.6 Å². The van der Waals surface area contributed by atoms with Gasteiger partial charge in [0.25, 0.3) is 5.91 Å². The summed E-state index contributed by atoms with van der Waals surface area (Å²) in [7, 11) is 0. The Kier molecular flexibility index (Phi) is 5.25. The van der Waals surface area contributed by atoms with Crippen LogP contribution in [0.3, 0.4) is 0 Å². The summed E-state index contributed by atoms with van der Waals surface area (Å²) in [6.45, 7) is 6.14. The Hall–Kier alpha value is -2.73. The Morgan fingerprint density at radius 3 is 2.87 bits per heavy atom. The average Bonchev–Trinajstić information content (AvgIpc) is 3.10. The van der Waals surface area contributed by atoms with E-state index in [4.69, 9.17) is 14.2 Å². The molecule has 30 heavy (non-hydrogen) atoms. The molecule has 1 N–H and O–H groups in total. The molecular weight excluding hydrogens is 380 g/mol. The van der Waals surface area contributed by atoms with Crippen LogP contribution in [0.1, 0.15) is 28.8 Å².